The largest absolute Gasteiger partial charge is 0.323 e. The van der Waals surface area contributed by atoms with Crippen LogP contribution in [0.4, 0.5) is 0 Å². The number of rotatable bonds is 4. The molecule has 0 aliphatic carbocycles. The van der Waals surface area contributed by atoms with Crippen LogP contribution in [-0.4, -0.2) is 51.8 Å². The van der Waals surface area contributed by atoms with Crippen LogP contribution >= 0.6 is 0 Å². The summed E-state index contributed by atoms with van der Waals surface area (Å²) in [6.45, 7) is 8.78. The first-order chi connectivity index (χ1) is 11.9. The fourth-order valence-corrected chi connectivity index (χ4v) is 3.86. The molecule has 0 spiro atoms. The molecule has 0 unspecified atom stereocenters. The fraction of sp³-hybridized carbons (Fsp3) is 0.579. The predicted molar refractivity (Wildman–Crippen MR) is 98.1 cm³/mol. The molecule has 26 heavy (non-hydrogen) atoms. The van der Waals surface area contributed by atoms with Gasteiger partial charge >= 0.3 is 0 Å². The lowest BCUT2D eigenvalue weighted by Gasteiger charge is -2.43. The van der Waals surface area contributed by atoms with Crippen molar-refractivity contribution in [2.45, 2.75) is 46.3 Å². The Morgan fingerprint density at radius 1 is 1.31 bits per heavy atom. The van der Waals surface area contributed by atoms with Gasteiger partial charge in [0.15, 0.2) is 0 Å². The summed E-state index contributed by atoms with van der Waals surface area (Å²) in [7, 11) is 1.66. The topological polar surface area (TPSA) is 83.8 Å². The number of nitrogens with zero attached hydrogens (tertiary/aromatic N) is 3. The summed E-state index contributed by atoms with van der Waals surface area (Å²) in [4.78, 5) is 40.3. The molecule has 1 fully saturated rings. The van der Waals surface area contributed by atoms with Crippen molar-refractivity contribution in [3.8, 4) is 0 Å². The van der Waals surface area contributed by atoms with E-state index in [1.807, 2.05) is 26.8 Å². The zero-order chi connectivity index (χ0) is 19.9. The van der Waals surface area contributed by atoms with E-state index in [-0.39, 0.29) is 18.4 Å². The molecule has 1 aliphatic heterocycles. The maximum atomic E-state index is 13.4. The first-order valence-corrected chi connectivity index (χ1v) is 8.70. The van der Waals surface area contributed by atoms with Crippen molar-refractivity contribution in [3.05, 3.63) is 46.0 Å². The lowest BCUT2D eigenvalue weighted by Crippen LogP contribution is -2.58. The Bertz CT molecular complexity index is 713. The number of hydrogen-bond donors (Lipinski definition) is 0. The Labute approximate surface area is 154 Å². The highest BCUT2D eigenvalue weighted by molar-refractivity contribution is 6.01. The highest BCUT2D eigenvalue weighted by atomic mass is 16.6. The maximum absolute atomic E-state index is 13.4. The highest BCUT2D eigenvalue weighted by Gasteiger charge is 2.61. The lowest BCUT2D eigenvalue weighted by molar-refractivity contribution is -0.489. The minimum Gasteiger partial charge on any atom is -0.323 e. The normalized spacial score (nSPS) is 24.7. The molecule has 3 atom stereocenters. The van der Waals surface area contributed by atoms with Crippen LogP contribution in [0.2, 0.25) is 0 Å². The van der Waals surface area contributed by atoms with E-state index in [9.17, 15) is 19.7 Å². The standard InChI is InChI=1S/C19H27N3O4/c1-13(12-21(25)26)19(5)17(24)20(6)16(18(2,3)4)22(19)15(23)14-10-8-7-9-11-14/h7-11,13,16H,12H2,1-6H3/t13-,16-,19-/m0/s1. The van der Waals surface area contributed by atoms with E-state index in [1.165, 1.54) is 0 Å². The van der Waals surface area contributed by atoms with Gasteiger partial charge in [0, 0.05) is 22.9 Å². The van der Waals surface area contributed by atoms with Crippen molar-refractivity contribution in [2.24, 2.45) is 11.3 Å². The summed E-state index contributed by atoms with van der Waals surface area (Å²) in [5.41, 5.74) is -1.24. The third-order valence-corrected chi connectivity index (χ3v) is 5.26. The molecule has 7 heteroatoms. The van der Waals surface area contributed by atoms with E-state index in [0.717, 1.165) is 0 Å². The minimum atomic E-state index is -1.29. The summed E-state index contributed by atoms with van der Waals surface area (Å²) >= 11 is 0. The number of benzene rings is 1. The van der Waals surface area contributed by atoms with Crippen LogP contribution < -0.4 is 0 Å². The van der Waals surface area contributed by atoms with Crippen LogP contribution in [-0.2, 0) is 4.79 Å². The predicted octanol–water partition coefficient (Wildman–Crippen LogP) is 2.64. The number of carbonyl (C=O) groups excluding carboxylic acids is 2. The van der Waals surface area contributed by atoms with Gasteiger partial charge in [0.05, 0.1) is 5.92 Å². The van der Waals surface area contributed by atoms with E-state index < -0.39 is 28.0 Å². The van der Waals surface area contributed by atoms with E-state index in [2.05, 4.69) is 0 Å². The number of carbonyl (C=O) groups is 2. The van der Waals surface area contributed by atoms with Crippen LogP contribution in [0, 0.1) is 21.4 Å². The highest BCUT2D eigenvalue weighted by Crippen LogP contribution is 2.43. The second-order valence-electron chi connectivity index (χ2n) is 8.26. The molecule has 7 nitrogen and oxygen atoms in total. The van der Waals surface area contributed by atoms with Gasteiger partial charge in [-0.05, 0) is 19.1 Å². The van der Waals surface area contributed by atoms with Crippen molar-refractivity contribution >= 4 is 11.8 Å². The lowest BCUT2D eigenvalue weighted by atomic mass is 9.83. The second-order valence-corrected chi connectivity index (χ2v) is 8.26. The number of nitro groups is 1. The Kier molecular flexibility index (Phi) is 5.12. The first-order valence-electron chi connectivity index (χ1n) is 8.70. The third-order valence-electron chi connectivity index (χ3n) is 5.26. The summed E-state index contributed by atoms with van der Waals surface area (Å²) in [6.07, 6.45) is -0.498. The maximum Gasteiger partial charge on any atom is 0.256 e. The molecule has 1 aromatic rings. The Balaban J connectivity index is 2.62. The summed E-state index contributed by atoms with van der Waals surface area (Å²) in [5, 5.41) is 11.1. The van der Waals surface area contributed by atoms with Gasteiger partial charge in [-0.25, -0.2) is 0 Å². The summed E-state index contributed by atoms with van der Waals surface area (Å²) < 4.78 is 0. The van der Waals surface area contributed by atoms with Gasteiger partial charge in [-0.3, -0.25) is 19.7 Å². The van der Waals surface area contributed by atoms with E-state index in [0.29, 0.717) is 5.56 Å². The van der Waals surface area contributed by atoms with Crippen LogP contribution in [0.5, 0.6) is 0 Å². The molecule has 142 valence electrons. The van der Waals surface area contributed by atoms with E-state index >= 15 is 0 Å². The molecular formula is C19H27N3O4. The van der Waals surface area contributed by atoms with Crippen molar-refractivity contribution in [1.29, 1.82) is 0 Å². The number of likely N-dealkylation sites (N-methyl/N-ethyl adjacent to an activating group) is 1. The zero-order valence-electron chi connectivity index (χ0n) is 16.2. The molecule has 1 heterocycles. The van der Waals surface area contributed by atoms with Crippen molar-refractivity contribution in [3.63, 3.8) is 0 Å². The van der Waals surface area contributed by atoms with E-state index in [4.69, 9.17) is 0 Å². The fourth-order valence-electron chi connectivity index (χ4n) is 3.86. The molecule has 1 saturated heterocycles. The molecule has 0 radical (unpaired) electrons. The summed E-state index contributed by atoms with van der Waals surface area (Å²) in [5.74, 6) is -1.19. The second kappa shape index (κ2) is 6.70. The first kappa shape index (κ1) is 19.9. The molecule has 0 aromatic heterocycles. The smallest absolute Gasteiger partial charge is 0.256 e. The Morgan fingerprint density at radius 3 is 2.31 bits per heavy atom. The molecule has 0 N–H and O–H groups in total. The Morgan fingerprint density at radius 2 is 1.85 bits per heavy atom. The average Bonchev–Trinajstić information content (AvgIpc) is 2.76. The quantitative estimate of drug-likeness (QED) is 0.610. The zero-order valence-corrected chi connectivity index (χ0v) is 16.2. The SMILES string of the molecule is C[C@@H](C[N+](=O)[O-])[C@@]1(C)C(=O)N(C)[C@H](C(C)(C)C)N1C(=O)c1ccccc1. The molecule has 0 bridgehead atoms. The van der Waals surface area contributed by atoms with Crippen LogP contribution in [0.15, 0.2) is 30.3 Å². The van der Waals surface area contributed by atoms with Crippen molar-refractivity contribution < 1.29 is 14.5 Å². The van der Waals surface area contributed by atoms with Gasteiger partial charge in [0.25, 0.3) is 5.91 Å². The van der Waals surface area contributed by atoms with Crippen molar-refractivity contribution in [2.75, 3.05) is 13.6 Å². The van der Waals surface area contributed by atoms with Gasteiger partial charge in [0.1, 0.15) is 11.7 Å². The number of amides is 2. The summed E-state index contributed by atoms with van der Waals surface area (Å²) in [6, 6.07) is 8.73. The molecule has 1 aromatic carbocycles. The van der Waals surface area contributed by atoms with Crippen LogP contribution in [0.3, 0.4) is 0 Å². The molecule has 1 aliphatic rings. The van der Waals surface area contributed by atoms with Gasteiger partial charge < -0.3 is 9.80 Å². The van der Waals surface area contributed by atoms with Gasteiger partial charge in [-0.2, -0.15) is 0 Å². The molecule has 2 rings (SSSR count). The average molecular weight is 361 g/mol. The van der Waals surface area contributed by atoms with Gasteiger partial charge in [-0.1, -0.05) is 45.9 Å². The van der Waals surface area contributed by atoms with E-state index in [1.54, 1.807) is 55.0 Å². The van der Waals surface area contributed by atoms with Gasteiger partial charge in [-0.15, -0.1) is 0 Å². The van der Waals surface area contributed by atoms with Gasteiger partial charge in [0.2, 0.25) is 12.5 Å². The molecule has 0 saturated carbocycles. The third kappa shape index (κ3) is 3.18. The monoisotopic (exact) mass is 361 g/mol. The van der Waals surface area contributed by atoms with Crippen LogP contribution in [0.25, 0.3) is 0 Å². The van der Waals surface area contributed by atoms with Crippen molar-refractivity contribution in [1.82, 2.24) is 9.80 Å². The molecule has 2 amide bonds. The minimum absolute atomic E-state index is 0.268. The number of hydrogen-bond acceptors (Lipinski definition) is 4. The molecular weight excluding hydrogens is 334 g/mol. The van der Waals surface area contributed by atoms with Crippen LogP contribution in [0.1, 0.15) is 45.0 Å². The Hall–Kier alpha value is -2.44.